The maximum atomic E-state index is 12.2. The minimum Gasteiger partial charge on any atom is -0.504 e. The molecule has 6 heteroatoms. The van der Waals surface area contributed by atoms with E-state index >= 15 is 0 Å². The number of hydrogen-bond acceptors (Lipinski definition) is 4. The van der Waals surface area contributed by atoms with Crippen LogP contribution in [-0.4, -0.2) is 26.2 Å². The molecule has 2 aromatic rings. The van der Waals surface area contributed by atoms with Gasteiger partial charge in [-0.05, 0) is 43.4 Å². The Morgan fingerprint density at radius 1 is 1.45 bits per heavy atom. The molecular weight excluding hydrogens is 256 g/mol. The topological polar surface area (TPSA) is 90.9 Å². The summed E-state index contributed by atoms with van der Waals surface area (Å²) in [5.41, 5.74) is 1.57. The van der Waals surface area contributed by atoms with E-state index in [1.54, 1.807) is 19.3 Å². The first-order valence-electron chi connectivity index (χ1n) is 6.61. The second-order valence-electron chi connectivity index (χ2n) is 5.10. The monoisotopic (exact) mass is 272 g/mol. The van der Waals surface area contributed by atoms with E-state index in [0.29, 0.717) is 11.6 Å². The van der Waals surface area contributed by atoms with Crippen LogP contribution in [0.4, 0.5) is 0 Å². The Hall–Kier alpha value is -2.37. The highest BCUT2D eigenvalue weighted by atomic mass is 16.3. The summed E-state index contributed by atoms with van der Waals surface area (Å²) in [4.78, 5) is 16.2. The van der Waals surface area contributed by atoms with Crippen molar-refractivity contribution in [3.05, 3.63) is 41.5 Å². The van der Waals surface area contributed by atoms with Crippen molar-refractivity contribution in [2.45, 2.75) is 25.8 Å². The summed E-state index contributed by atoms with van der Waals surface area (Å²) in [6.07, 6.45) is 5.63. The number of hydrogen-bond donors (Lipinski definition) is 3. The van der Waals surface area contributed by atoms with Crippen molar-refractivity contribution in [2.75, 3.05) is 0 Å². The number of nitrogens with zero attached hydrogens (tertiary/aromatic N) is 2. The van der Waals surface area contributed by atoms with E-state index in [4.69, 9.17) is 0 Å². The van der Waals surface area contributed by atoms with Gasteiger partial charge in [-0.25, -0.2) is 0 Å². The van der Waals surface area contributed by atoms with Gasteiger partial charge in [-0.1, -0.05) is 0 Å². The summed E-state index contributed by atoms with van der Waals surface area (Å²) < 4.78 is 0. The van der Waals surface area contributed by atoms with Gasteiger partial charge < -0.3 is 10.4 Å². The van der Waals surface area contributed by atoms with Crippen LogP contribution in [0.2, 0.25) is 0 Å². The summed E-state index contributed by atoms with van der Waals surface area (Å²) in [7, 11) is 0. The Bertz CT molecular complexity index is 619. The zero-order valence-corrected chi connectivity index (χ0v) is 11.1. The number of aromatic hydroxyl groups is 1. The first-order chi connectivity index (χ1) is 9.66. The van der Waals surface area contributed by atoms with Gasteiger partial charge in [0, 0.05) is 12.4 Å². The van der Waals surface area contributed by atoms with Gasteiger partial charge in [0.2, 0.25) is 0 Å². The van der Waals surface area contributed by atoms with Gasteiger partial charge in [-0.15, -0.1) is 0 Å². The van der Waals surface area contributed by atoms with Crippen LogP contribution in [0.5, 0.6) is 5.75 Å². The van der Waals surface area contributed by atoms with Gasteiger partial charge in [0.25, 0.3) is 5.91 Å². The molecule has 3 rings (SSSR count). The molecule has 2 heterocycles. The van der Waals surface area contributed by atoms with Gasteiger partial charge in [-0.3, -0.25) is 14.9 Å². The Morgan fingerprint density at radius 3 is 2.70 bits per heavy atom. The fourth-order valence-electron chi connectivity index (χ4n) is 2.27. The molecule has 0 saturated heterocycles. The molecule has 1 aliphatic rings. The van der Waals surface area contributed by atoms with Gasteiger partial charge in [-0.2, -0.15) is 5.10 Å². The lowest BCUT2D eigenvalue weighted by molar-refractivity contribution is 0.0924. The average Bonchev–Trinajstić information content (AvgIpc) is 3.24. The van der Waals surface area contributed by atoms with Crippen LogP contribution < -0.4 is 5.32 Å². The predicted octanol–water partition coefficient (Wildman–Crippen LogP) is 1.70. The molecule has 1 saturated carbocycles. The van der Waals surface area contributed by atoms with E-state index in [-0.39, 0.29) is 23.4 Å². The lowest BCUT2D eigenvalue weighted by atomic mass is 10.0. The smallest absolute Gasteiger partial charge is 0.273 e. The number of carbonyl (C=O) groups is 1. The molecule has 1 amide bonds. The average molecular weight is 272 g/mol. The molecule has 2 aromatic heterocycles. The Morgan fingerprint density at radius 2 is 2.15 bits per heavy atom. The summed E-state index contributed by atoms with van der Waals surface area (Å²) in [5.74, 6) is 0.0242. The number of aromatic nitrogens is 3. The SMILES string of the molecule is Cc1n[nH]c(C(=O)NC(c2ccncc2)C2CC2)c1O. The van der Waals surface area contributed by atoms with Crippen LogP contribution in [0.25, 0.3) is 0 Å². The standard InChI is InChI=1S/C14H16N4O2/c1-8-13(19)12(18-17-8)14(20)16-11(9-2-3-9)10-4-6-15-7-5-10/h4-7,9,11,19H,2-3H2,1H3,(H,16,20)(H,17,18). The molecule has 0 spiro atoms. The van der Waals surface area contributed by atoms with Crippen LogP contribution in [0, 0.1) is 12.8 Å². The maximum absolute atomic E-state index is 12.2. The van der Waals surface area contributed by atoms with Crippen molar-refractivity contribution in [3.8, 4) is 5.75 Å². The minimum atomic E-state index is -0.336. The quantitative estimate of drug-likeness (QED) is 0.790. The molecule has 1 atom stereocenters. The number of rotatable bonds is 4. The molecule has 3 N–H and O–H groups in total. The minimum absolute atomic E-state index is 0.0477. The summed E-state index contributed by atoms with van der Waals surface area (Å²) in [6, 6.07) is 3.76. The molecule has 0 bridgehead atoms. The van der Waals surface area contributed by atoms with E-state index < -0.39 is 0 Å². The number of nitrogens with one attached hydrogen (secondary N) is 2. The first kappa shape index (κ1) is 12.7. The van der Waals surface area contributed by atoms with Crippen LogP contribution in [0.3, 0.4) is 0 Å². The number of carbonyl (C=O) groups excluding carboxylic acids is 1. The largest absolute Gasteiger partial charge is 0.504 e. The number of pyridine rings is 1. The Kier molecular flexibility index (Phi) is 3.14. The van der Waals surface area contributed by atoms with Crippen molar-refractivity contribution in [1.29, 1.82) is 0 Å². The van der Waals surface area contributed by atoms with Crippen molar-refractivity contribution in [2.24, 2.45) is 5.92 Å². The van der Waals surface area contributed by atoms with Gasteiger partial charge >= 0.3 is 0 Å². The fourth-order valence-corrected chi connectivity index (χ4v) is 2.27. The van der Waals surface area contributed by atoms with Crippen molar-refractivity contribution >= 4 is 5.91 Å². The number of amides is 1. The highest BCUT2D eigenvalue weighted by molar-refractivity contribution is 5.95. The third-order valence-electron chi connectivity index (χ3n) is 3.59. The summed E-state index contributed by atoms with van der Waals surface area (Å²) >= 11 is 0. The number of aromatic amines is 1. The highest BCUT2D eigenvalue weighted by Gasteiger charge is 2.34. The number of aryl methyl sites for hydroxylation is 1. The van der Waals surface area contributed by atoms with Gasteiger partial charge in [0.1, 0.15) is 5.69 Å². The van der Waals surface area contributed by atoms with Crippen LogP contribution in [0.15, 0.2) is 24.5 Å². The molecule has 0 aliphatic heterocycles. The van der Waals surface area contributed by atoms with Crippen LogP contribution in [0.1, 0.15) is 40.6 Å². The van der Waals surface area contributed by atoms with Gasteiger partial charge in [0.15, 0.2) is 11.4 Å². The fraction of sp³-hybridized carbons (Fsp3) is 0.357. The van der Waals surface area contributed by atoms with E-state index in [9.17, 15) is 9.90 Å². The first-order valence-corrected chi connectivity index (χ1v) is 6.61. The Labute approximate surface area is 116 Å². The summed E-state index contributed by atoms with van der Waals surface area (Å²) in [5, 5.41) is 19.1. The van der Waals surface area contributed by atoms with Crippen LogP contribution >= 0.6 is 0 Å². The molecule has 6 nitrogen and oxygen atoms in total. The number of H-pyrrole nitrogens is 1. The zero-order valence-electron chi connectivity index (χ0n) is 11.1. The molecule has 1 unspecified atom stereocenters. The third-order valence-corrected chi connectivity index (χ3v) is 3.59. The summed E-state index contributed by atoms with van der Waals surface area (Å²) in [6.45, 7) is 1.64. The van der Waals surface area contributed by atoms with E-state index in [1.165, 1.54) is 0 Å². The Balaban J connectivity index is 1.81. The zero-order chi connectivity index (χ0) is 14.1. The second kappa shape index (κ2) is 4.96. The lowest BCUT2D eigenvalue weighted by Gasteiger charge is -2.18. The third kappa shape index (κ3) is 2.36. The molecule has 0 radical (unpaired) electrons. The van der Waals surface area contributed by atoms with Crippen LogP contribution in [-0.2, 0) is 0 Å². The lowest BCUT2D eigenvalue weighted by Crippen LogP contribution is -2.30. The molecule has 104 valence electrons. The van der Waals surface area contributed by atoms with E-state index in [1.807, 2.05) is 12.1 Å². The highest BCUT2D eigenvalue weighted by Crippen LogP contribution is 2.41. The molecule has 20 heavy (non-hydrogen) atoms. The van der Waals surface area contributed by atoms with Crippen molar-refractivity contribution in [3.63, 3.8) is 0 Å². The van der Waals surface area contributed by atoms with Crippen molar-refractivity contribution in [1.82, 2.24) is 20.5 Å². The second-order valence-corrected chi connectivity index (χ2v) is 5.10. The van der Waals surface area contributed by atoms with Gasteiger partial charge in [0.05, 0.1) is 6.04 Å². The molecule has 1 aliphatic carbocycles. The maximum Gasteiger partial charge on any atom is 0.273 e. The normalized spacial score (nSPS) is 15.8. The molecule has 1 fully saturated rings. The molecular formula is C14H16N4O2. The molecule has 0 aromatic carbocycles. The predicted molar refractivity (Wildman–Crippen MR) is 72.2 cm³/mol. The van der Waals surface area contributed by atoms with E-state index in [0.717, 1.165) is 18.4 Å². The van der Waals surface area contributed by atoms with E-state index in [2.05, 4.69) is 20.5 Å². The van der Waals surface area contributed by atoms with Crippen molar-refractivity contribution < 1.29 is 9.90 Å².